The first kappa shape index (κ1) is 40.0. The lowest BCUT2D eigenvalue weighted by molar-refractivity contribution is 0.661. The minimum Gasteiger partial charge on any atom is -0.454 e. The fourth-order valence-electron chi connectivity index (χ4n) is 10.9. The summed E-state index contributed by atoms with van der Waals surface area (Å²) >= 11 is 0. The highest BCUT2D eigenvalue weighted by molar-refractivity contribution is 6.30. The Morgan fingerprint density at radius 2 is 0.818 bits per heavy atom. The SMILES string of the molecule is CCCc1cccc2c1oc1c(N(c3ccccc3)c3cc(C(C)C)c4ccc5c(N(c6ccccc6)c6cccc7c6oc6c(C)cccc67)cc(C(C)C)c6ccc3c4c65)cccc12. The van der Waals surface area contributed by atoms with Crippen LogP contribution >= 0.6 is 0 Å². The van der Waals surface area contributed by atoms with Crippen LogP contribution in [-0.2, 0) is 6.42 Å². The molecule has 0 radical (unpaired) electrons. The normalized spacial score (nSPS) is 12.2. The molecule has 0 bridgehead atoms. The summed E-state index contributed by atoms with van der Waals surface area (Å²) in [4.78, 5) is 4.89. The smallest absolute Gasteiger partial charge is 0.159 e. The average Bonchev–Trinajstić information content (AvgIpc) is 3.93. The van der Waals surface area contributed by atoms with Gasteiger partial charge in [-0.1, -0.05) is 162 Å². The maximum atomic E-state index is 7.06. The molecule has 0 aliphatic heterocycles. The van der Waals surface area contributed by atoms with E-state index in [1.54, 1.807) is 0 Å². The number of nitrogens with zero attached hydrogens (tertiary/aromatic N) is 2. The third-order valence-corrected chi connectivity index (χ3v) is 14.0. The van der Waals surface area contributed by atoms with E-state index >= 15 is 0 Å². The van der Waals surface area contributed by atoms with Crippen molar-refractivity contribution in [1.29, 1.82) is 0 Å². The van der Waals surface area contributed by atoms with E-state index in [0.717, 1.165) is 96.4 Å². The molecule has 0 aliphatic carbocycles. The molecule has 2 heterocycles. The van der Waals surface area contributed by atoms with E-state index in [1.165, 1.54) is 49.0 Å². The number of rotatable bonds is 10. The van der Waals surface area contributed by atoms with Crippen LogP contribution in [0.5, 0.6) is 0 Å². The van der Waals surface area contributed by atoms with Crippen molar-refractivity contribution in [1.82, 2.24) is 0 Å². The van der Waals surface area contributed by atoms with E-state index in [1.807, 2.05) is 0 Å². The molecule has 0 spiro atoms. The molecule has 12 aromatic rings. The van der Waals surface area contributed by atoms with Crippen LogP contribution in [0.15, 0.2) is 179 Å². The van der Waals surface area contributed by atoms with Gasteiger partial charge in [-0.25, -0.2) is 0 Å². The van der Waals surface area contributed by atoms with Crippen LogP contribution in [0, 0.1) is 6.92 Å². The van der Waals surface area contributed by atoms with Gasteiger partial charge in [-0.05, 0) is 118 Å². The summed E-state index contributed by atoms with van der Waals surface area (Å²) in [5, 5.41) is 12.1. The highest BCUT2D eigenvalue weighted by Gasteiger charge is 2.28. The Kier molecular flexibility index (Phi) is 9.43. The summed E-state index contributed by atoms with van der Waals surface area (Å²) in [5.74, 6) is 0.507. The number of hydrogen-bond donors (Lipinski definition) is 0. The molecule has 0 unspecified atom stereocenters. The summed E-state index contributed by atoms with van der Waals surface area (Å²) in [7, 11) is 0. The van der Waals surface area contributed by atoms with Crippen molar-refractivity contribution in [2.45, 2.75) is 66.2 Å². The number of fused-ring (bicyclic) bond motifs is 6. The Bertz CT molecular complexity index is 3800. The van der Waals surface area contributed by atoms with Gasteiger partial charge >= 0.3 is 0 Å². The van der Waals surface area contributed by atoms with E-state index in [0.29, 0.717) is 0 Å². The molecule has 2 aromatic heterocycles. The highest BCUT2D eigenvalue weighted by atomic mass is 16.3. The van der Waals surface area contributed by atoms with Gasteiger partial charge in [0.2, 0.25) is 0 Å². The molecule has 322 valence electrons. The van der Waals surface area contributed by atoms with Gasteiger partial charge in [0.1, 0.15) is 11.2 Å². The topological polar surface area (TPSA) is 32.8 Å². The summed E-state index contributed by atoms with van der Waals surface area (Å²) in [6.07, 6.45) is 2.02. The van der Waals surface area contributed by atoms with Crippen molar-refractivity contribution in [2.24, 2.45) is 0 Å². The van der Waals surface area contributed by atoms with Crippen molar-refractivity contribution in [3.05, 3.63) is 192 Å². The fraction of sp³-hybridized carbons (Fsp3) is 0.161. The zero-order valence-corrected chi connectivity index (χ0v) is 38.4. The van der Waals surface area contributed by atoms with E-state index in [2.05, 4.69) is 221 Å². The molecule has 0 N–H and O–H groups in total. The minimum absolute atomic E-state index is 0.253. The molecule has 10 aromatic carbocycles. The molecule has 0 atom stereocenters. The number of anilines is 6. The first-order valence-electron chi connectivity index (χ1n) is 23.6. The molecule has 4 nitrogen and oxygen atoms in total. The first-order chi connectivity index (χ1) is 32.3. The first-order valence-corrected chi connectivity index (χ1v) is 23.6. The number of para-hydroxylation sites is 6. The predicted molar refractivity (Wildman–Crippen MR) is 281 cm³/mol. The molecule has 4 heteroatoms. The largest absolute Gasteiger partial charge is 0.454 e. The van der Waals surface area contributed by atoms with Crippen molar-refractivity contribution in [3.8, 4) is 0 Å². The Morgan fingerprint density at radius 3 is 1.30 bits per heavy atom. The van der Waals surface area contributed by atoms with Gasteiger partial charge in [0.15, 0.2) is 11.2 Å². The molecule has 0 saturated carbocycles. The molecule has 0 saturated heterocycles. The van der Waals surface area contributed by atoms with Gasteiger partial charge in [0.25, 0.3) is 0 Å². The maximum absolute atomic E-state index is 7.06. The van der Waals surface area contributed by atoms with Crippen LogP contribution in [0.3, 0.4) is 0 Å². The second-order valence-electron chi connectivity index (χ2n) is 18.7. The van der Waals surface area contributed by atoms with Crippen LogP contribution in [0.4, 0.5) is 34.1 Å². The van der Waals surface area contributed by atoms with E-state index in [-0.39, 0.29) is 11.8 Å². The van der Waals surface area contributed by atoms with E-state index in [9.17, 15) is 0 Å². The lowest BCUT2D eigenvalue weighted by Crippen LogP contribution is -2.13. The molecule has 0 amide bonds. The van der Waals surface area contributed by atoms with Crippen molar-refractivity contribution in [2.75, 3.05) is 9.80 Å². The van der Waals surface area contributed by atoms with Crippen molar-refractivity contribution >= 4 is 110 Å². The molecule has 0 aliphatic rings. The van der Waals surface area contributed by atoms with Crippen molar-refractivity contribution < 1.29 is 8.83 Å². The number of hydrogen-bond acceptors (Lipinski definition) is 4. The average molecular weight is 857 g/mol. The molecule has 12 rings (SSSR count). The number of furan rings is 2. The molecule has 66 heavy (non-hydrogen) atoms. The van der Waals surface area contributed by atoms with Gasteiger partial charge < -0.3 is 18.6 Å². The van der Waals surface area contributed by atoms with Gasteiger partial charge in [0, 0.05) is 43.7 Å². The van der Waals surface area contributed by atoms with Crippen LogP contribution < -0.4 is 9.80 Å². The van der Waals surface area contributed by atoms with Crippen LogP contribution in [0.1, 0.15) is 75.1 Å². The molecule has 0 fully saturated rings. The second kappa shape index (κ2) is 15.6. The lowest BCUT2D eigenvalue weighted by Gasteiger charge is -2.31. The minimum atomic E-state index is 0.253. The highest BCUT2D eigenvalue weighted by Crippen LogP contribution is 2.53. The van der Waals surface area contributed by atoms with Gasteiger partial charge in [0.05, 0.1) is 22.7 Å². The van der Waals surface area contributed by atoms with E-state index < -0.39 is 0 Å². The number of aryl methyl sites for hydroxylation is 2. The fourth-order valence-corrected chi connectivity index (χ4v) is 10.9. The monoisotopic (exact) mass is 856 g/mol. The summed E-state index contributed by atoms with van der Waals surface area (Å²) < 4.78 is 14.0. The van der Waals surface area contributed by atoms with Crippen LogP contribution in [-0.4, -0.2) is 0 Å². The Hall–Kier alpha value is -7.56. The third kappa shape index (κ3) is 6.04. The predicted octanol–water partition coefficient (Wildman–Crippen LogP) is 18.8. The molecular formula is C62H52N2O2. The van der Waals surface area contributed by atoms with Gasteiger partial charge in [-0.3, -0.25) is 0 Å². The Morgan fingerprint density at radius 1 is 0.394 bits per heavy atom. The zero-order chi connectivity index (χ0) is 44.8. The number of benzene rings is 10. The Labute approximate surface area is 385 Å². The second-order valence-corrected chi connectivity index (χ2v) is 18.7. The molecular weight excluding hydrogens is 805 g/mol. The third-order valence-electron chi connectivity index (χ3n) is 14.0. The van der Waals surface area contributed by atoms with Gasteiger partial charge in [-0.2, -0.15) is 0 Å². The van der Waals surface area contributed by atoms with Crippen LogP contribution in [0.2, 0.25) is 0 Å². The summed E-state index contributed by atoms with van der Waals surface area (Å²) in [6, 6.07) is 62.4. The van der Waals surface area contributed by atoms with Crippen molar-refractivity contribution in [3.63, 3.8) is 0 Å². The maximum Gasteiger partial charge on any atom is 0.159 e. The Balaban J connectivity index is 1.19. The standard InChI is InChI=1S/C62H52N2O2/c1-7-18-40-20-15-26-46-48-28-17-30-54(62(48)66-60(40)46)64(42-23-12-9-13-24-42)56-36-52(38(4)5)44-31-33-49-55(35-51(37(2)3)43-32-34-50(56)58(44)57(43)49)63(41-21-10-8-11-22-41)53-29-16-27-47-45-25-14-19-39(6)59(45)65-61(47)53/h8-17,19-38H,7,18H2,1-6H3. The van der Waals surface area contributed by atoms with Crippen LogP contribution in [0.25, 0.3) is 76.2 Å². The lowest BCUT2D eigenvalue weighted by atomic mass is 9.84. The van der Waals surface area contributed by atoms with E-state index in [4.69, 9.17) is 8.83 Å². The summed E-state index contributed by atoms with van der Waals surface area (Å²) in [5.41, 5.74) is 15.2. The zero-order valence-electron chi connectivity index (χ0n) is 38.4. The quantitative estimate of drug-likeness (QED) is 0.128. The summed E-state index contributed by atoms with van der Waals surface area (Å²) in [6.45, 7) is 13.7. The van der Waals surface area contributed by atoms with Gasteiger partial charge in [-0.15, -0.1) is 0 Å².